The van der Waals surface area contributed by atoms with E-state index in [1.807, 2.05) is 13.0 Å². The Morgan fingerprint density at radius 3 is 2.26 bits per heavy atom. The van der Waals surface area contributed by atoms with Crippen molar-refractivity contribution >= 4 is 5.97 Å². The minimum atomic E-state index is -0.251. The highest BCUT2D eigenvalue weighted by Crippen LogP contribution is 2.29. The molecule has 1 aliphatic rings. The Hall–Kier alpha value is -0.790. The van der Waals surface area contributed by atoms with Crippen molar-refractivity contribution in [1.82, 2.24) is 0 Å². The first-order valence-electron chi connectivity index (χ1n) is 7.97. The second-order valence-electron chi connectivity index (χ2n) is 6.16. The lowest BCUT2D eigenvalue weighted by atomic mass is 9.91. The summed E-state index contributed by atoms with van der Waals surface area (Å²) in [6.45, 7) is 6.15. The van der Waals surface area contributed by atoms with Gasteiger partial charge in [-0.15, -0.1) is 0 Å². The normalized spacial score (nSPS) is 23.1. The van der Waals surface area contributed by atoms with Gasteiger partial charge in [-0.3, -0.25) is 0 Å². The monoisotopic (exact) mass is 266 g/mol. The number of rotatable bonds is 9. The van der Waals surface area contributed by atoms with Crippen molar-refractivity contribution in [2.45, 2.75) is 90.6 Å². The first-order valence-corrected chi connectivity index (χ1v) is 7.97. The molecule has 0 saturated carbocycles. The van der Waals surface area contributed by atoms with Gasteiger partial charge in [0.2, 0.25) is 0 Å². The molecule has 0 aromatic heterocycles. The van der Waals surface area contributed by atoms with Crippen LogP contribution in [0.15, 0.2) is 11.6 Å². The lowest BCUT2D eigenvalue weighted by Gasteiger charge is -2.32. The molecule has 0 aromatic carbocycles. The summed E-state index contributed by atoms with van der Waals surface area (Å²) < 4.78 is 5.54. The van der Waals surface area contributed by atoms with Crippen LogP contribution in [0.2, 0.25) is 0 Å². The van der Waals surface area contributed by atoms with Crippen LogP contribution in [0.5, 0.6) is 0 Å². The van der Waals surface area contributed by atoms with E-state index in [0.717, 1.165) is 18.4 Å². The summed E-state index contributed by atoms with van der Waals surface area (Å²) in [5.41, 5.74) is 0.507. The molecule has 0 bridgehead atoms. The van der Waals surface area contributed by atoms with Crippen LogP contribution in [0.25, 0.3) is 0 Å². The minimum Gasteiger partial charge on any atom is -0.456 e. The molecule has 1 heterocycles. The third-order valence-corrected chi connectivity index (χ3v) is 4.06. The van der Waals surface area contributed by atoms with Gasteiger partial charge in [-0.2, -0.15) is 0 Å². The topological polar surface area (TPSA) is 26.3 Å². The highest BCUT2D eigenvalue weighted by Gasteiger charge is 2.31. The molecule has 1 rings (SSSR count). The standard InChI is InChI=1S/C17H30O2/c1-4-5-6-7-8-9-10-11-13-17(3)14-12-15(2)16(18)19-17/h12H,4-11,13-14H2,1-3H3. The smallest absolute Gasteiger partial charge is 0.333 e. The fourth-order valence-corrected chi connectivity index (χ4v) is 2.58. The summed E-state index contributed by atoms with van der Waals surface area (Å²) in [4.78, 5) is 11.6. The first kappa shape index (κ1) is 16.3. The molecule has 1 unspecified atom stereocenters. The highest BCUT2D eigenvalue weighted by atomic mass is 16.6. The zero-order valence-corrected chi connectivity index (χ0v) is 13.0. The number of hydrogen-bond donors (Lipinski definition) is 0. The maximum Gasteiger partial charge on any atom is 0.333 e. The fraction of sp³-hybridized carbons (Fsp3) is 0.824. The van der Waals surface area contributed by atoms with Gasteiger partial charge in [-0.25, -0.2) is 4.79 Å². The van der Waals surface area contributed by atoms with Crippen LogP contribution in [0.3, 0.4) is 0 Å². The van der Waals surface area contributed by atoms with Gasteiger partial charge in [0.15, 0.2) is 0 Å². The van der Waals surface area contributed by atoms with Crippen molar-refractivity contribution in [3.05, 3.63) is 11.6 Å². The molecule has 2 heteroatoms. The van der Waals surface area contributed by atoms with Crippen molar-refractivity contribution in [1.29, 1.82) is 0 Å². The van der Waals surface area contributed by atoms with E-state index in [9.17, 15) is 4.79 Å². The summed E-state index contributed by atoms with van der Waals surface area (Å²) in [7, 11) is 0. The van der Waals surface area contributed by atoms with Gasteiger partial charge in [0, 0.05) is 12.0 Å². The largest absolute Gasteiger partial charge is 0.456 e. The fourth-order valence-electron chi connectivity index (χ4n) is 2.58. The Kier molecular flexibility index (Phi) is 7.19. The van der Waals surface area contributed by atoms with Gasteiger partial charge in [-0.05, 0) is 26.7 Å². The van der Waals surface area contributed by atoms with Gasteiger partial charge < -0.3 is 4.74 Å². The summed E-state index contributed by atoms with van der Waals surface area (Å²) in [6, 6.07) is 0. The minimum absolute atomic E-state index is 0.131. The summed E-state index contributed by atoms with van der Waals surface area (Å²) in [5, 5.41) is 0. The molecule has 0 spiro atoms. The molecule has 0 amide bonds. The first-order chi connectivity index (χ1) is 9.07. The Balaban J connectivity index is 2.08. The van der Waals surface area contributed by atoms with E-state index in [2.05, 4.69) is 13.8 Å². The van der Waals surface area contributed by atoms with Crippen LogP contribution >= 0.6 is 0 Å². The number of carbonyl (C=O) groups is 1. The molecule has 0 saturated heterocycles. The number of cyclic esters (lactones) is 1. The molecule has 1 atom stereocenters. The second kappa shape index (κ2) is 8.39. The molecule has 0 aromatic rings. The molecular weight excluding hydrogens is 236 g/mol. The quantitative estimate of drug-likeness (QED) is 0.425. The van der Waals surface area contributed by atoms with E-state index < -0.39 is 0 Å². The molecule has 1 aliphatic heterocycles. The molecular formula is C17H30O2. The van der Waals surface area contributed by atoms with Crippen molar-refractivity contribution < 1.29 is 9.53 Å². The number of carbonyl (C=O) groups excluding carboxylic acids is 1. The zero-order valence-electron chi connectivity index (χ0n) is 13.0. The third-order valence-electron chi connectivity index (χ3n) is 4.06. The predicted molar refractivity (Wildman–Crippen MR) is 80.1 cm³/mol. The highest BCUT2D eigenvalue weighted by molar-refractivity contribution is 5.88. The van der Waals surface area contributed by atoms with Crippen LogP contribution in [0.4, 0.5) is 0 Å². The zero-order chi connectivity index (χ0) is 14.1. The van der Waals surface area contributed by atoms with Crippen LogP contribution in [0.1, 0.15) is 85.0 Å². The van der Waals surface area contributed by atoms with Crippen LogP contribution in [-0.4, -0.2) is 11.6 Å². The summed E-state index contributed by atoms with van der Waals surface area (Å²) in [5.74, 6) is -0.131. The van der Waals surface area contributed by atoms with E-state index in [4.69, 9.17) is 4.74 Å². The van der Waals surface area contributed by atoms with Crippen LogP contribution in [-0.2, 0) is 9.53 Å². The molecule has 0 aliphatic carbocycles. The third kappa shape index (κ3) is 6.26. The maximum atomic E-state index is 11.6. The van der Waals surface area contributed by atoms with Crippen molar-refractivity contribution in [3.8, 4) is 0 Å². The summed E-state index contributed by atoms with van der Waals surface area (Å²) in [6.07, 6.45) is 14.5. The lowest BCUT2D eigenvalue weighted by Crippen LogP contribution is -2.34. The van der Waals surface area contributed by atoms with Gasteiger partial charge in [0.25, 0.3) is 0 Å². The maximum absolute atomic E-state index is 11.6. The number of esters is 1. The van der Waals surface area contributed by atoms with E-state index in [1.54, 1.807) is 0 Å². The molecule has 0 N–H and O–H groups in total. The van der Waals surface area contributed by atoms with Crippen molar-refractivity contribution in [2.24, 2.45) is 0 Å². The Labute approximate surface area is 118 Å². The van der Waals surface area contributed by atoms with E-state index >= 15 is 0 Å². The molecule has 2 nitrogen and oxygen atoms in total. The van der Waals surface area contributed by atoms with E-state index in [-0.39, 0.29) is 11.6 Å². The van der Waals surface area contributed by atoms with E-state index in [1.165, 1.54) is 51.4 Å². The van der Waals surface area contributed by atoms with Crippen molar-refractivity contribution in [3.63, 3.8) is 0 Å². The van der Waals surface area contributed by atoms with Gasteiger partial charge in [-0.1, -0.05) is 57.9 Å². The number of hydrogen-bond acceptors (Lipinski definition) is 2. The Morgan fingerprint density at radius 2 is 1.68 bits per heavy atom. The second-order valence-corrected chi connectivity index (χ2v) is 6.16. The SMILES string of the molecule is CCCCCCCCCCC1(C)CC=C(C)C(=O)O1. The van der Waals surface area contributed by atoms with Gasteiger partial charge in [0.1, 0.15) is 5.60 Å². The lowest BCUT2D eigenvalue weighted by molar-refractivity contribution is -0.155. The molecule has 19 heavy (non-hydrogen) atoms. The van der Waals surface area contributed by atoms with Gasteiger partial charge >= 0.3 is 5.97 Å². The average molecular weight is 266 g/mol. The predicted octanol–water partition coefficient (Wildman–Crippen LogP) is 5.17. The molecule has 0 radical (unpaired) electrons. The van der Waals surface area contributed by atoms with Gasteiger partial charge in [0.05, 0.1) is 0 Å². The van der Waals surface area contributed by atoms with Crippen molar-refractivity contribution in [2.75, 3.05) is 0 Å². The Bertz CT molecular complexity index is 306. The number of unbranched alkanes of at least 4 members (excludes halogenated alkanes) is 7. The van der Waals surface area contributed by atoms with Crippen LogP contribution in [0, 0.1) is 0 Å². The molecule has 110 valence electrons. The molecule has 0 fully saturated rings. The Morgan fingerprint density at radius 1 is 1.11 bits per heavy atom. The van der Waals surface area contributed by atoms with E-state index in [0.29, 0.717) is 0 Å². The average Bonchev–Trinajstić information content (AvgIpc) is 2.38. The number of ether oxygens (including phenoxy) is 1. The summed E-state index contributed by atoms with van der Waals surface area (Å²) >= 11 is 0. The van der Waals surface area contributed by atoms with Crippen LogP contribution < -0.4 is 0 Å².